The van der Waals surface area contributed by atoms with Crippen molar-refractivity contribution in [3.63, 3.8) is 0 Å². The Balaban J connectivity index is 2.06. The molecule has 1 saturated carbocycles. The average molecular weight is 232 g/mol. The second-order valence-electron chi connectivity index (χ2n) is 5.12. The van der Waals surface area contributed by atoms with Gasteiger partial charge in [-0.15, -0.1) is 0 Å². The van der Waals surface area contributed by atoms with Gasteiger partial charge in [0.15, 0.2) is 0 Å². The van der Waals surface area contributed by atoms with Gasteiger partial charge in [-0.2, -0.15) is 17.4 Å². The van der Waals surface area contributed by atoms with E-state index in [9.17, 15) is 8.42 Å². The Hall–Kier alpha value is -0.130. The Bertz CT molecular complexity index is 335. The quantitative estimate of drug-likeness (QED) is 0.796. The van der Waals surface area contributed by atoms with E-state index in [1.54, 1.807) is 4.31 Å². The molecule has 0 bridgehead atoms. The van der Waals surface area contributed by atoms with Gasteiger partial charge in [0.25, 0.3) is 10.2 Å². The van der Waals surface area contributed by atoms with Crippen molar-refractivity contribution in [3.05, 3.63) is 0 Å². The van der Waals surface area contributed by atoms with E-state index in [0.29, 0.717) is 6.54 Å². The normalized spacial score (nSPS) is 31.5. The molecule has 1 atom stereocenters. The highest BCUT2D eigenvalue weighted by Crippen LogP contribution is 2.33. The van der Waals surface area contributed by atoms with Crippen molar-refractivity contribution in [1.29, 1.82) is 0 Å². The molecule has 0 unspecified atom stereocenters. The lowest BCUT2D eigenvalue weighted by molar-refractivity contribution is 0.239. The van der Waals surface area contributed by atoms with Crippen LogP contribution >= 0.6 is 0 Å². The van der Waals surface area contributed by atoms with Gasteiger partial charge >= 0.3 is 0 Å². The first-order chi connectivity index (χ1) is 6.93. The maximum Gasteiger partial charge on any atom is 0.280 e. The van der Waals surface area contributed by atoms with E-state index in [-0.39, 0.29) is 11.6 Å². The lowest BCUT2D eigenvalue weighted by Gasteiger charge is -2.40. The third kappa shape index (κ3) is 2.19. The minimum atomic E-state index is -3.24. The summed E-state index contributed by atoms with van der Waals surface area (Å²) in [5, 5.41) is 0. The molecule has 0 spiro atoms. The predicted molar refractivity (Wildman–Crippen MR) is 59.7 cm³/mol. The topological polar surface area (TPSA) is 49.4 Å². The summed E-state index contributed by atoms with van der Waals surface area (Å²) in [4.78, 5) is 0. The highest BCUT2D eigenvalue weighted by molar-refractivity contribution is 7.87. The number of nitrogens with zero attached hydrogens (tertiary/aromatic N) is 1. The van der Waals surface area contributed by atoms with Crippen LogP contribution < -0.4 is 4.72 Å². The minimum Gasteiger partial charge on any atom is -0.196 e. The first-order valence-electron chi connectivity index (χ1n) is 5.74. The fraction of sp³-hybridized carbons (Fsp3) is 1.00. The van der Waals surface area contributed by atoms with Crippen LogP contribution in [0.5, 0.6) is 0 Å². The smallest absolute Gasteiger partial charge is 0.196 e. The second-order valence-corrected chi connectivity index (χ2v) is 6.75. The highest BCUT2D eigenvalue weighted by atomic mass is 32.2. The molecule has 0 amide bonds. The third-order valence-corrected chi connectivity index (χ3v) is 5.54. The van der Waals surface area contributed by atoms with Gasteiger partial charge in [0.05, 0.1) is 0 Å². The molecule has 0 aromatic heterocycles. The molecule has 0 aromatic carbocycles. The van der Waals surface area contributed by atoms with Crippen molar-refractivity contribution in [2.24, 2.45) is 0 Å². The minimum absolute atomic E-state index is 0.158. The molecular formula is C10H20N2O2S. The monoisotopic (exact) mass is 232 g/mol. The molecule has 1 heterocycles. The molecule has 2 fully saturated rings. The number of nitrogens with one attached hydrogen (secondary N) is 1. The molecule has 15 heavy (non-hydrogen) atoms. The summed E-state index contributed by atoms with van der Waals surface area (Å²) in [5.41, 5.74) is -0.179. The van der Waals surface area contributed by atoms with E-state index in [2.05, 4.69) is 4.72 Å². The maximum absolute atomic E-state index is 12.1. The standard InChI is InChI=1S/C10H20N2O2S/c1-9-5-3-8-12(9)15(13,14)11-10(2)6-4-7-10/h9,11H,3-8H2,1-2H3/t9-/m1/s1. The van der Waals surface area contributed by atoms with E-state index in [1.165, 1.54) is 0 Å². The van der Waals surface area contributed by atoms with Crippen LogP contribution in [-0.4, -0.2) is 30.8 Å². The van der Waals surface area contributed by atoms with Crippen molar-refractivity contribution >= 4 is 10.2 Å². The molecule has 1 N–H and O–H groups in total. The van der Waals surface area contributed by atoms with Gasteiger partial charge < -0.3 is 0 Å². The van der Waals surface area contributed by atoms with Crippen LogP contribution in [0.15, 0.2) is 0 Å². The zero-order valence-electron chi connectivity index (χ0n) is 9.49. The zero-order valence-corrected chi connectivity index (χ0v) is 10.3. The summed E-state index contributed by atoms with van der Waals surface area (Å²) in [6.07, 6.45) is 5.04. The number of rotatable bonds is 3. The first kappa shape index (κ1) is 11.4. The first-order valence-corrected chi connectivity index (χ1v) is 7.18. The van der Waals surface area contributed by atoms with Gasteiger partial charge in [0.2, 0.25) is 0 Å². The molecule has 0 radical (unpaired) electrons. The third-order valence-electron chi connectivity index (χ3n) is 3.63. The lowest BCUT2D eigenvalue weighted by atomic mass is 9.80. The molecule has 2 rings (SSSR count). The van der Waals surface area contributed by atoms with E-state index in [4.69, 9.17) is 0 Å². The van der Waals surface area contributed by atoms with Crippen LogP contribution in [0.25, 0.3) is 0 Å². The fourth-order valence-corrected chi connectivity index (χ4v) is 4.34. The Kier molecular flexibility index (Phi) is 2.81. The Labute approximate surface area is 92.2 Å². The lowest BCUT2D eigenvalue weighted by Crippen LogP contribution is -2.55. The second kappa shape index (κ2) is 3.71. The molecule has 1 aliphatic heterocycles. The van der Waals surface area contributed by atoms with Crippen LogP contribution in [0.1, 0.15) is 46.0 Å². The van der Waals surface area contributed by atoms with Crippen LogP contribution in [0.2, 0.25) is 0 Å². The van der Waals surface area contributed by atoms with Gasteiger partial charge in [-0.3, -0.25) is 0 Å². The van der Waals surface area contributed by atoms with Gasteiger partial charge in [-0.25, -0.2) is 0 Å². The summed E-state index contributed by atoms with van der Waals surface area (Å²) in [6, 6.07) is 0.158. The summed E-state index contributed by atoms with van der Waals surface area (Å²) in [7, 11) is -3.24. The highest BCUT2D eigenvalue weighted by Gasteiger charge is 2.40. The van der Waals surface area contributed by atoms with Crippen molar-refractivity contribution in [2.45, 2.75) is 57.5 Å². The van der Waals surface area contributed by atoms with Crippen LogP contribution in [0, 0.1) is 0 Å². The summed E-state index contributed by atoms with van der Waals surface area (Å²) in [6.45, 7) is 4.65. The Morgan fingerprint density at radius 3 is 2.40 bits per heavy atom. The molecule has 0 aromatic rings. The maximum atomic E-state index is 12.1. The van der Waals surface area contributed by atoms with E-state index < -0.39 is 10.2 Å². The SMILES string of the molecule is C[C@@H]1CCCN1S(=O)(=O)NC1(C)CCC1. The van der Waals surface area contributed by atoms with Crippen LogP contribution in [0.4, 0.5) is 0 Å². The molecular weight excluding hydrogens is 212 g/mol. The van der Waals surface area contributed by atoms with E-state index in [1.807, 2.05) is 13.8 Å². The molecule has 88 valence electrons. The molecule has 5 heteroatoms. The largest absolute Gasteiger partial charge is 0.280 e. The summed E-state index contributed by atoms with van der Waals surface area (Å²) in [5.74, 6) is 0. The van der Waals surface area contributed by atoms with E-state index in [0.717, 1.165) is 32.1 Å². The molecule has 4 nitrogen and oxygen atoms in total. The average Bonchev–Trinajstić information content (AvgIpc) is 2.48. The Morgan fingerprint density at radius 2 is 2.00 bits per heavy atom. The molecule has 1 aliphatic carbocycles. The number of hydrogen-bond donors (Lipinski definition) is 1. The fourth-order valence-electron chi connectivity index (χ4n) is 2.44. The molecule has 1 saturated heterocycles. The van der Waals surface area contributed by atoms with Gasteiger partial charge in [0.1, 0.15) is 0 Å². The van der Waals surface area contributed by atoms with Crippen LogP contribution in [0.3, 0.4) is 0 Å². The van der Waals surface area contributed by atoms with Crippen molar-refractivity contribution in [2.75, 3.05) is 6.54 Å². The summed E-state index contributed by atoms with van der Waals surface area (Å²) >= 11 is 0. The van der Waals surface area contributed by atoms with Crippen LogP contribution in [-0.2, 0) is 10.2 Å². The molecule has 2 aliphatic rings. The van der Waals surface area contributed by atoms with Crippen molar-refractivity contribution in [3.8, 4) is 0 Å². The summed E-state index contributed by atoms with van der Waals surface area (Å²) < 4.78 is 28.6. The van der Waals surface area contributed by atoms with Crippen molar-refractivity contribution < 1.29 is 8.42 Å². The van der Waals surface area contributed by atoms with Crippen molar-refractivity contribution in [1.82, 2.24) is 9.03 Å². The number of hydrogen-bond acceptors (Lipinski definition) is 2. The van der Waals surface area contributed by atoms with Gasteiger partial charge in [0, 0.05) is 18.1 Å². The Morgan fingerprint density at radius 1 is 1.33 bits per heavy atom. The zero-order chi connectivity index (χ0) is 11.1. The van der Waals surface area contributed by atoms with E-state index >= 15 is 0 Å². The van der Waals surface area contributed by atoms with Gasteiger partial charge in [-0.05, 0) is 46.0 Å². The van der Waals surface area contributed by atoms with Gasteiger partial charge in [-0.1, -0.05) is 0 Å². The predicted octanol–water partition coefficient (Wildman–Crippen LogP) is 1.25.